The molecule has 1 aromatic carbocycles. The first kappa shape index (κ1) is 9.95. The maximum atomic E-state index is 6.12. The Bertz CT molecular complexity index is 349. The van der Waals surface area contributed by atoms with Crippen molar-refractivity contribution in [3.8, 4) is 0 Å². The summed E-state index contributed by atoms with van der Waals surface area (Å²) in [5.74, 6) is 1.01. The van der Waals surface area contributed by atoms with Gasteiger partial charge in [-0.1, -0.05) is 30.3 Å². The van der Waals surface area contributed by atoms with Crippen molar-refractivity contribution in [3.63, 3.8) is 0 Å². The third kappa shape index (κ3) is 1.67. The van der Waals surface area contributed by atoms with Crippen LogP contribution in [-0.4, -0.2) is 22.3 Å². The Morgan fingerprint density at radius 3 is 2.33 bits per heavy atom. The number of likely N-dealkylation sites (tertiary alicyclic amines) is 1. The van der Waals surface area contributed by atoms with Crippen LogP contribution < -0.4 is 0 Å². The van der Waals surface area contributed by atoms with E-state index in [1.54, 1.807) is 0 Å². The standard InChI is InChI=1S/C12H13Cl2N/c13-12(14)10-7-15(8-11(10)12)6-9-4-2-1-3-5-9/h1-5,10-11H,6-8H2. The second-order valence-electron chi connectivity index (χ2n) is 4.57. The highest BCUT2D eigenvalue weighted by molar-refractivity contribution is 6.51. The van der Waals surface area contributed by atoms with E-state index in [1.807, 2.05) is 6.07 Å². The van der Waals surface area contributed by atoms with Gasteiger partial charge in [0.15, 0.2) is 0 Å². The molecule has 1 saturated carbocycles. The van der Waals surface area contributed by atoms with Crippen molar-refractivity contribution in [1.82, 2.24) is 4.90 Å². The Labute approximate surface area is 100.0 Å². The van der Waals surface area contributed by atoms with Gasteiger partial charge >= 0.3 is 0 Å². The van der Waals surface area contributed by atoms with Gasteiger partial charge in [0.1, 0.15) is 4.33 Å². The maximum absolute atomic E-state index is 6.12. The van der Waals surface area contributed by atoms with Crippen LogP contribution in [0.4, 0.5) is 0 Å². The zero-order valence-corrected chi connectivity index (χ0v) is 9.88. The molecule has 1 aliphatic carbocycles. The molecule has 1 aromatic rings. The van der Waals surface area contributed by atoms with Gasteiger partial charge in [-0.25, -0.2) is 0 Å². The van der Waals surface area contributed by atoms with Crippen molar-refractivity contribution in [2.24, 2.45) is 11.8 Å². The minimum atomic E-state index is -0.410. The number of rotatable bonds is 2. The minimum absolute atomic E-state index is 0.410. The molecular formula is C12H13Cl2N. The van der Waals surface area contributed by atoms with Crippen molar-refractivity contribution in [2.45, 2.75) is 10.9 Å². The summed E-state index contributed by atoms with van der Waals surface area (Å²) in [4.78, 5) is 2.44. The normalized spacial score (nSPS) is 32.7. The number of piperidine rings is 1. The van der Waals surface area contributed by atoms with E-state index in [2.05, 4.69) is 29.2 Å². The van der Waals surface area contributed by atoms with E-state index < -0.39 is 4.33 Å². The number of fused-ring (bicyclic) bond motifs is 1. The molecule has 0 aromatic heterocycles. The van der Waals surface area contributed by atoms with Crippen LogP contribution in [0.5, 0.6) is 0 Å². The molecule has 0 bridgehead atoms. The molecule has 3 rings (SSSR count). The van der Waals surface area contributed by atoms with Crippen LogP contribution in [0.15, 0.2) is 30.3 Å². The highest BCUT2D eigenvalue weighted by Gasteiger charge is 2.66. The van der Waals surface area contributed by atoms with Gasteiger partial charge < -0.3 is 0 Å². The first-order valence-corrected chi connectivity index (χ1v) is 6.07. The lowest BCUT2D eigenvalue weighted by Crippen LogP contribution is -2.26. The zero-order chi connectivity index (χ0) is 10.5. The van der Waals surface area contributed by atoms with Crippen LogP contribution in [0, 0.1) is 11.8 Å². The molecule has 0 amide bonds. The number of hydrogen-bond donors (Lipinski definition) is 0. The molecule has 1 saturated heterocycles. The Morgan fingerprint density at radius 2 is 1.73 bits per heavy atom. The Balaban J connectivity index is 1.61. The van der Waals surface area contributed by atoms with Crippen LogP contribution in [0.3, 0.4) is 0 Å². The van der Waals surface area contributed by atoms with Gasteiger partial charge in [0, 0.05) is 31.5 Å². The predicted octanol–water partition coefficient (Wildman–Crippen LogP) is 2.92. The second-order valence-corrected chi connectivity index (χ2v) is 6.01. The quantitative estimate of drug-likeness (QED) is 0.721. The summed E-state index contributed by atoms with van der Waals surface area (Å²) in [6.07, 6.45) is 0. The summed E-state index contributed by atoms with van der Waals surface area (Å²) in [6.45, 7) is 3.12. The van der Waals surface area contributed by atoms with E-state index >= 15 is 0 Å². The van der Waals surface area contributed by atoms with E-state index in [1.165, 1.54) is 5.56 Å². The van der Waals surface area contributed by atoms with Crippen LogP contribution in [-0.2, 0) is 6.54 Å². The number of hydrogen-bond acceptors (Lipinski definition) is 1. The smallest absolute Gasteiger partial charge is 0.127 e. The second kappa shape index (κ2) is 3.38. The third-order valence-corrected chi connectivity index (χ3v) is 4.65. The van der Waals surface area contributed by atoms with Gasteiger partial charge in [0.05, 0.1) is 0 Å². The van der Waals surface area contributed by atoms with Crippen LogP contribution in [0.2, 0.25) is 0 Å². The molecular weight excluding hydrogens is 229 g/mol. The summed E-state index contributed by atoms with van der Waals surface area (Å²) < 4.78 is -0.410. The van der Waals surface area contributed by atoms with Gasteiger partial charge in [-0.15, -0.1) is 23.2 Å². The highest BCUT2D eigenvalue weighted by atomic mass is 35.5. The fourth-order valence-electron chi connectivity index (χ4n) is 2.56. The first-order chi connectivity index (χ1) is 7.18. The van der Waals surface area contributed by atoms with E-state index in [4.69, 9.17) is 23.2 Å². The predicted molar refractivity (Wildman–Crippen MR) is 63.1 cm³/mol. The fraction of sp³-hybridized carbons (Fsp3) is 0.500. The van der Waals surface area contributed by atoms with Gasteiger partial charge in [-0.2, -0.15) is 0 Å². The molecule has 2 atom stereocenters. The largest absolute Gasteiger partial charge is 0.298 e. The van der Waals surface area contributed by atoms with Gasteiger partial charge in [0.2, 0.25) is 0 Å². The van der Waals surface area contributed by atoms with Gasteiger partial charge in [-0.05, 0) is 5.56 Å². The van der Waals surface area contributed by atoms with Crippen molar-refractivity contribution >= 4 is 23.2 Å². The molecule has 0 N–H and O–H groups in total. The lowest BCUT2D eigenvalue weighted by molar-refractivity contribution is 0.294. The highest BCUT2D eigenvalue weighted by Crippen LogP contribution is 2.62. The fourth-order valence-corrected chi connectivity index (χ4v) is 3.32. The monoisotopic (exact) mass is 241 g/mol. The first-order valence-electron chi connectivity index (χ1n) is 5.32. The Kier molecular flexibility index (Phi) is 2.24. The summed E-state index contributed by atoms with van der Waals surface area (Å²) in [5.41, 5.74) is 1.37. The molecule has 1 heterocycles. The average molecular weight is 242 g/mol. The zero-order valence-electron chi connectivity index (χ0n) is 8.37. The van der Waals surface area contributed by atoms with Crippen LogP contribution in [0.25, 0.3) is 0 Å². The Morgan fingerprint density at radius 1 is 1.13 bits per heavy atom. The van der Waals surface area contributed by atoms with E-state index in [9.17, 15) is 0 Å². The maximum Gasteiger partial charge on any atom is 0.127 e. The number of halogens is 2. The molecule has 0 radical (unpaired) electrons. The topological polar surface area (TPSA) is 3.24 Å². The summed E-state index contributed by atoms with van der Waals surface area (Å²) >= 11 is 12.2. The number of nitrogens with zero attached hydrogens (tertiary/aromatic N) is 1. The molecule has 1 aliphatic heterocycles. The molecule has 3 heteroatoms. The van der Waals surface area contributed by atoms with Crippen molar-refractivity contribution in [2.75, 3.05) is 13.1 Å². The molecule has 2 unspecified atom stereocenters. The van der Waals surface area contributed by atoms with E-state index in [0.717, 1.165) is 19.6 Å². The minimum Gasteiger partial charge on any atom is -0.298 e. The van der Waals surface area contributed by atoms with Crippen LogP contribution >= 0.6 is 23.2 Å². The molecule has 0 spiro atoms. The third-order valence-electron chi connectivity index (χ3n) is 3.52. The average Bonchev–Trinajstić information content (AvgIpc) is 2.64. The molecule has 80 valence electrons. The molecule has 15 heavy (non-hydrogen) atoms. The van der Waals surface area contributed by atoms with Crippen molar-refractivity contribution in [1.29, 1.82) is 0 Å². The van der Waals surface area contributed by atoms with E-state index in [-0.39, 0.29) is 0 Å². The number of benzene rings is 1. The lowest BCUT2D eigenvalue weighted by Gasteiger charge is -2.20. The summed E-state index contributed by atoms with van der Waals surface area (Å²) in [5, 5.41) is 0. The van der Waals surface area contributed by atoms with Gasteiger partial charge in [-0.3, -0.25) is 4.90 Å². The van der Waals surface area contributed by atoms with Crippen molar-refractivity contribution in [3.05, 3.63) is 35.9 Å². The number of alkyl halides is 2. The van der Waals surface area contributed by atoms with E-state index in [0.29, 0.717) is 11.8 Å². The SMILES string of the molecule is ClC1(Cl)C2CN(Cc3ccccc3)CC21. The van der Waals surface area contributed by atoms with Crippen LogP contribution in [0.1, 0.15) is 5.56 Å². The Hall–Kier alpha value is -0.240. The van der Waals surface area contributed by atoms with Gasteiger partial charge in [0.25, 0.3) is 0 Å². The molecule has 2 aliphatic rings. The lowest BCUT2D eigenvalue weighted by atomic mass is 10.2. The molecule has 1 nitrogen and oxygen atoms in total. The summed E-state index contributed by atoms with van der Waals surface area (Å²) in [6, 6.07) is 10.5. The molecule has 2 fully saturated rings. The van der Waals surface area contributed by atoms with Crippen molar-refractivity contribution < 1.29 is 0 Å². The summed E-state index contributed by atoms with van der Waals surface area (Å²) in [7, 11) is 0.